The Bertz CT molecular complexity index is 1060. The molecule has 2 heterocycles. The molecule has 28 heavy (non-hydrogen) atoms. The minimum Gasteiger partial charge on any atom is -0.364 e. The second-order valence-electron chi connectivity index (χ2n) is 6.05. The molecule has 1 amide bonds. The Morgan fingerprint density at radius 2 is 1.93 bits per heavy atom. The lowest BCUT2D eigenvalue weighted by Crippen LogP contribution is -2.17. The van der Waals surface area contributed by atoms with Crippen molar-refractivity contribution in [2.45, 2.75) is 13.0 Å². The zero-order valence-electron chi connectivity index (χ0n) is 14.7. The fraction of sp³-hybridized carbons (Fsp3) is 0.150. The molecule has 8 heteroatoms. The Labute approximate surface area is 175 Å². The van der Waals surface area contributed by atoms with Gasteiger partial charge in [-0.05, 0) is 29.8 Å². The van der Waals surface area contributed by atoms with Crippen LogP contribution in [0.15, 0.2) is 54.7 Å². The number of anilines is 1. The first-order valence-corrected chi connectivity index (χ1v) is 10.6. The van der Waals surface area contributed by atoms with E-state index in [9.17, 15) is 4.79 Å². The van der Waals surface area contributed by atoms with E-state index in [1.54, 1.807) is 17.5 Å². The number of halogens is 1. The molecule has 5 nitrogen and oxygen atoms in total. The van der Waals surface area contributed by atoms with Crippen LogP contribution in [0.2, 0.25) is 5.02 Å². The Balaban J connectivity index is 1.25. The van der Waals surface area contributed by atoms with Gasteiger partial charge in [-0.2, -0.15) is 0 Å². The summed E-state index contributed by atoms with van der Waals surface area (Å²) in [5.74, 6) is -0.228. The van der Waals surface area contributed by atoms with E-state index in [-0.39, 0.29) is 12.5 Å². The SMILES string of the molecule is O=C(COCc1nc2ccccc2s1)Nc1ncc(Cc2ccc(Cl)cc2)s1. The van der Waals surface area contributed by atoms with E-state index in [2.05, 4.69) is 15.3 Å². The maximum atomic E-state index is 12.1. The van der Waals surface area contributed by atoms with Gasteiger partial charge in [-0.3, -0.25) is 10.1 Å². The van der Waals surface area contributed by atoms with Gasteiger partial charge in [0.1, 0.15) is 11.6 Å². The van der Waals surface area contributed by atoms with Crippen LogP contribution >= 0.6 is 34.3 Å². The summed E-state index contributed by atoms with van der Waals surface area (Å²) in [7, 11) is 0. The number of thiazole rings is 2. The fourth-order valence-electron chi connectivity index (χ4n) is 2.62. The minimum absolute atomic E-state index is 0.0397. The lowest BCUT2D eigenvalue weighted by Gasteiger charge is -2.02. The number of hydrogen-bond donors (Lipinski definition) is 1. The molecule has 142 valence electrons. The number of rotatable bonds is 7. The molecular formula is C20H16ClN3O2S2. The molecule has 0 saturated carbocycles. The molecule has 0 aliphatic carbocycles. The number of nitrogens with zero attached hydrogens (tertiary/aromatic N) is 2. The van der Waals surface area contributed by atoms with Crippen LogP contribution in [-0.4, -0.2) is 22.5 Å². The van der Waals surface area contributed by atoms with Gasteiger partial charge in [0, 0.05) is 22.5 Å². The molecule has 0 unspecified atom stereocenters. The van der Waals surface area contributed by atoms with E-state index in [1.807, 2.05) is 48.5 Å². The molecule has 0 saturated heterocycles. The summed E-state index contributed by atoms with van der Waals surface area (Å²) in [4.78, 5) is 21.9. The first-order chi connectivity index (χ1) is 13.7. The molecule has 2 aromatic carbocycles. The summed E-state index contributed by atoms with van der Waals surface area (Å²) >= 11 is 8.93. The zero-order valence-corrected chi connectivity index (χ0v) is 17.1. The highest BCUT2D eigenvalue weighted by Crippen LogP contribution is 2.23. The largest absolute Gasteiger partial charge is 0.364 e. The van der Waals surface area contributed by atoms with E-state index in [1.165, 1.54) is 11.3 Å². The van der Waals surface area contributed by atoms with Crippen molar-refractivity contribution in [1.82, 2.24) is 9.97 Å². The van der Waals surface area contributed by atoms with Crippen LogP contribution in [0, 0.1) is 0 Å². The van der Waals surface area contributed by atoms with Crippen LogP contribution in [0.5, 0.6) is 0 Å². The van der Waals surface area contributed by atoms with Crippen molar-refractivity contribution in [1.29, 1.82) is 0 Å². The van der Waals surface area contributed by atoms with Crippen molar-refractivity contribution in [2.24, 2.45) is 0 Å². The van der Waals surface area contributed by atoms with Gasteiger partial charge in [-0.15, -0.1) is 22.7 Å². The van der Waals surface area contributed by atoms with Gasteiger partial charge in [0.2, 0.25) is 0 Å². The monoisotopic (exact) mass is 429 g/mol. The van der Waals surface area contributed by atoms with Gasteiger partial charge >= 0.3 is 0 Å². The summed E-state index contributed by atoms with van der Waals surface area (Å²) in [5.41, 5.74) is 2.09. The predicted octanol–water partition coefficient (Wildman–Crippen LogP) is 5.15. The number of para-hydroxylation sites is 1. The maximum Gasteiger partial charge on any atom is 0.252 e. The third-order valence-corrected chi connectivity index (χ3v) is 6.06. The molecule has 0 aliphatic rings. The van der Waals surface area contributed by atoms with Crippen LogP contribution in [-0.2, 0) is 22.6 Å². The number of fused-ring (bicyclic) bond motifs is 1. The number of aromatic nitrogens is 2. The summed E-state index contributed by atoms with van der Waals surface area (Å²) in [6.45, 7) is 0.272. The number of hydrogen-bond acceptors (Lipinski definition) is 6. The van der Waals surface area contributed by atoms with Crippen LogP contribution in [0.1, 0.15) is 15.4 Å². The maximum absolute atomic E-state index is 12.1. The van der Waals surface area contributed by atoms with E-state index in [4.69, 9.17) is 16.3 Å². The topological polar surface area (TPSA) is 64.1 Å². The summed E-state index contributed by atoms with van der Waals surface area (Å²) in [5, 5.41) is 4.91. The van der Waals surface area contributed by atoms with Gasteiger partial charge in [0.15, 0.2) is 5.13 Å². The van der Waals surface area contributed by atoms with Crippen LogP contribution < -0.4 is 5.32 Å². The van der Waals surface area contributed by atoms with Crippen molar-refractivity contribution < 1.29 is 9.53 Å². The highest BCUT2D eigenvalue weighted by molar-refractivity contribution is 7.18. The number of ether oxygens (including phenoxy) is 1. The van der Waals surface area contributed by atoms with Crippen molar-refractivity contribution in [2.75, 3.05) is 11.9 Å². The van der Waals surface area contributed by atoms with Gasteiger partial charge in [-0.1, -0.05) is 35.9 Å². The van der Waals surface area contributed by atoms with Gasteiger partial charge < -0.3 is 4.74 Å². The lowest BCUT2D eigenvalue weighted by atomic mass is 10.1. The Morgan fingerprint density at radius 3 is 2.75 bits per heavy atom. The van der Waals surface area contributed by atoms with Gasteiger partial charge in [0.25, 0.3) is 5.91 Å². The number of carbonyl (C=O) groups is 1. The zero-order chi connectivity index (χ0) is 19.3. The Hall–Kier alpha value is -2.32. The molecular weight excluding hydrogens is 414 g/mol. The molecule has 1 N–H and O–H groups in total. The molecule has 0 bridgehead atoms. The molecule has 0 radical (unpaired) electrons. The van der Waals surface area contributed by atoms with E-state index in [0.29, 0.717) is 16.8 Å². The first kappa shape index (κ1) is 19.0. The molecule has 2 aromatic heterocycles. The Morgan fingerprint density at radius 1 is 1.11 bits per heavy atom. The highest BCUT2D eigenvalue weighted by Gasteiger charge is 2.09. The van der Waals surface area contributed by atoms with Gasteiger partial charge in [0.05, 0.1) is 16.8 Å². The number of carbonyl (C=O) groups excluding carboxylic acids is 1. The summed E-state index contributed by atoms with van der Waals surface area (Å²) in [6, 6.07) is 15.6. The number of nitrogens with one attached hydrogen (secondary N) is 1. The van der Waals surface area contributed by atoms with Crippen LogP contribution in [0.4, 0.5) is 5.13 Å². The van der Waals surface area contributed by atoms with Crippen LogP contribution in [0.25, 0.3) is 10.2 Å². The summed E-state index contributed by atoms with van der Waals surface area (Å²) < 4.78 is 6.61. The normalized spacial score (nSPS) is 11.0. The fourth-order valence-corrected chi connectivity index (χ4v) is 4.51. The van der Waals surface area contributed by atoms with Crippen molar-refractivity contribution in [3.05, 3.63) is 75.2 Å². The van der Waals surface area contributed by atoms with Crippen LogP contribution in [0.3, 0.4) is 0 Å². The highest BCUT2D eigenvalue weighted by atomic mass is 35.5. The molecule has 4 aromatic rings. The first-order valence-electron chi connectivity index (χ1n) is 8.57. The standard InChI is InChI=1S/C20H16ClN3O2S2/c21-14-7-5-13(6-8-14)9-15-10-22-20(27-15)24-18(25)11-26-12-19-23-16-3-1-2-4-17(16)28-19/h1-8,10H,9,11-12H2,(H,22,24,25). The number of amides is 1. The Kier molecular flexibility index (Phi) is 5.97. The minimum atomic E-state index is -0.228. The average Bonchev–Trinajstić information content (AvgIpc) is 3.29. The third kappa shape index (κ3) is 4.94. The van der Waals surface area contributed by atoms with Crippen molar-refractivity contribution in [3.8, 4) is 0 Å². The van der Waals surface area contributed by atoms with Gasteiger partial charge in [-0.25, -0.2) is 9.97 Å². The summed E-state index contributed by atoms with van der Waals surface area (Å²) in [6.07, 6.45) is 2.52. The molecule has 0 spiro atoms. The van der Waals surface area contributed by atoms with E-state index < -0.39 is 0 Å². The second-order valence-corrected chi connectivity index (χ2v) is 8.72. The lowest BCUT2D eigenvalue weighted by molar-refractivity contribution is -0.121. The number of benzene rings is 2. The molecule has 0 aliphatic heterocycles. The molecule has 0 fully saturated rings. The smallest absolute Gasteiger partial charge is 0.252 e. The molecule has 0 atom stereocenters. The quantitative estimate of drug-likeness (QED) is 0.441. The van der Waals surface area contributed by atoms with Crippen molar-refractivity contribution in [3.63, 3.8) is 0 Å². The molecule has 4 rings (SSSR count). The van der Waals surface area contributed by atoms with E-state index >= 15 is 0 Å². The van der Waals surface area contributed by atoms with E-state index in [0.717, 1.165) is 32.1 Å². The predicted molar refractivity (Wildman–Crippen MR) is 114 cm³/mol. The second kappa shape index (κ2) is 8.79. The average molecular weight is 430 g/mol. The third-order valence-electron chi connectivity index (χ3n) is 3.89. The van der Waals surface area contributed by atoms with Crippen molar-refractivity contribution >= 4 is 55.5 Å².